The summed E-state index contributed by atoms with van der Waals surface area (Å²) >= 11 is 0. The number of hydrogen-bond donors (Lipinski definition) is 3. The van der Waals surface area contributed by atoms with Gasteiger partial charge in [-0.1, -0.05) is 41.9 Å². The van der Waals surface area contributed by atoms with E-state index >= 15 is 0 Å². The van der Waals surface area contributed by atoms with Crippen LogP contribution in [0.2, 0.25) is 0 Å². The molecule has 4 aromatic carbocycles. The Balaban J connectivity index is 1.27. The van der Waals surface area contributed by atoms with Crippen molar-refractivity contribution in [3.05, 3.63) is 108 Å². The fourth-order valence-electron chi connectivity index (χ4n) is 3.81. The lowest BCUT2D eigenvalue weighted by atomic mass is 9.96. The quantitative estimate of drug-likeness (QED) is 0.244. The molecule has 0 atom stereocenters. The van der Waals surface area contributed by atoms with E-state index in [1.807, 2.05) is 68.5 Å². The molecule has 0 fully saturated rings. The Labute approximate surface area is 209 Å². The maximum atomic E-state index is 12.5. The molecule has 0 aliphatic carbocycles. The van der Waals surface area contributed by atoms with Crippen LogP contribution in [0.15, 0.2) is 97.3 Å². The van der Waals surface area contributed by atoms with Crippen molar-refractivity contribution in [2.75, 3.05) is 16.4 Å². The maximum Gasteiger partial charge on any atom is 0.255 e. The lowest BCUT2D eigenvalue weighted by Gasteiger charge is -2.11. The number of benzene rings is 4. The van der Waals surface area contributed by atoms with Gasteiger partial charge in [-0.2, -0.15) is 0 Å². The molecule has 5 rings (SSSR count). The van der Waals surface area contributed by atoms with Crippen molar-refractivity contribution < 1.29 is 9.53 Å². The van der Waals surface area contributed by atoms with Crippen molar-refractivity contribution in [1.82, 2.24) is 9.97 Å². The van der Waals surface area contributed by atoms with Crippen LogP contribution in [0.4, 0.5) is 22.9 Å². The summed E-state index contributed by atoms with van der Waals surface area (Å²) in [5.74, 6) is 1.19. The zero-order valence-corrected chi connectivity index (χ0v) is 19.7. The van der Waals surface area contributed by atoms with E-state index in [0.29, 0.717) is 35.1 Å². The SMILES string of the molecule is Bc1cccc(Nc2ncnc3ccc(OCc4ccc(C(=O)Nc5ccccc5N)cc4)cc23)c1. The number of nitrogen functional groups attached to an aromatic ring is 1. The molecule has 1 aromatic heterocycles. The molecule has 1 amide bonds. The molecule has 0 saturated carbocycles. The summed E-state index contributed by atoms with van der Waals surface area (Å²) in [6.07, 6.45) is 1.55. The Morgan fingerprint density at radius 1 is 0.917 bits per heavy atom. The predicted molar refractivity (Wildman–Crippen MR) is 147 cm³/mol. The van der Waals surface area contributed by atoms with Crippen LogP contribution in [-0.4, -0.2) is 23.7 Å². The van der Waals surface area contributed by atoms with Crippen LogP contribution in [0.5, 0.6) is 5.75 Å². The molecule has 8 heteroatoms. The number of anilines is 4. The molecule has 176 valence electrons. The first kappa shape index (κ1) is 22.9. The standard InChI is InChI=1S/C28H24BN5O2/c29-20-4-3-5-21(14-20)33-27-23-15-22(12-13-25(23)31-17-32-27)36-16-18-8-10-19(11-9-18)28(35)34-26-7-2-1-6-24(26)30/h1-15,17H,16,29-30H2,(H,34,35)(H,31,32,33). The van der Waals surface area contributed by atoms with Crippen LogP contribution < -0.4 is 26.6 Å². The number of ether oxygens (including phenoxy) is 1. The number of fused-ring (bicyclic) bond motifs is 1. The van der Waals surface area contributed by atoms with Gasteiger partial charge < -0.3 is 21.1 Å². The Morgan fingerprint density at radius 3 is 2.56 bits per heavy atom. The van der Waals surface area contributed by atoms with E-state index in [1.165, 1.54) is 0 Å². The van der Waals surface area contributed by atoms with Crippen LogP contribution in [0.25, 0.3) is 10.9 Å². The molecule has 0 unspecified atom stereocenters. The normalized spacial score (nSPS) is 10.7. The number of rotatable bonds is 7. The summed E-state index contributed by atoms with van der Waals surface area (Å²) in [5.41, 5.74) is 11.4. The third-order valence-corrected chi connectivity index (χ3v) is 5.72. The molecule has 5 aromatic rings. The molecule has 0 aliphatic rings. The number of aromatic nitrogens is 2. The zero-order valence-electron chi connectivity index (χ0n) is 19.7. The van der Waals surface area contributed by atoms with Crippen molar-refractivity contribution in [3.8, 4) is 5.75 Å². The number of nitrogens with one attached hydrogen (secondary N) is 2. The summed E-state index contributed by atoms with van der Waals surface area (Å²) < 4.78 is 6.04. The predicted octanol–water partition coefficient (Wildman–Crippen LogP) is 4.05. The number of nitrogens with two attached hydrogens (primary N) is 1. The minimum absolute atomic E-state index is 0.219. The van der Waals surface area contributed by atoms with Gasteiger partial charge in [0, 0.05) is 16.6 Å². The average molecular weight is 473 g/mol. The fourth-order valence-corrected chi connectivity index (χ4v) is 3.81. The van der Waals surface area contributed by atoms with Gasteiger partial charge in [-0.25, -0.2) is 9.97 Å². The van der Waals surface area contributed by atoms with E-state index in [-0.39, 0.29) is 5.91 Å². The Hall–Kier alpha value is -4.85. The Kier molecular flexibility index (Phi) is 6.49. The first-order valence-corrected chi connectivity index (χ1v) is 11.5. The van der Waals surface area contributed by atoms with Crippen molar-refractivity contribution in [3.63, 3.8) is 0 Å². The van der Waals surface area contributed by atoms with E-state index in [2.05, 4.69) is 26.7 Å². The second kappa shape index (κ2) is 10.2. The number of para-hydroxylation sites is 2. The van der Waals surface area contributed by atoms with Gasteiger partial charge in [-0.3, -0.25) is 4.79 Å². The highest BCUT2D eigenvalue weighted by Gasteiger charge is 2.09. The van der Waals surface area contributed by atoms with Crippen molar-refractivity contribution in [2.45, 2.75) is 6.61 Å². The second-order valence-electron chi connectivity index (χ2n) is 8.42. The Morgan fingerprint density at radius 2 is 1.75 bits per heavy atom. The van der Waals surface area contributed by atoms with Gasteiger partial charge in [0.25, 0.3) is 5.91 Å². The number of carbonyl (C=O) groups is 1. The molecule has 36 heavy (non-hydrogen) atoms. The summed E-state index contributed by atoms with van der Waals surface area (Å²) in [5, 5.41) is 7.07. The molecule has 7 nitrogen and oxygen atoms in total. The summed E-state index contributed by atoms with van der Waals surface area (Å²) in [7, 11) is 2.05. The smallest absolute Gasteiger partial charge is 0.255 e. The lowest BCUT2D eigenvalue weighted by Crippen LogP contribution is -2.13. The van der Waals surface area contributed by atoms with Gasteiger partial charge in [-0.15, -0.1) is 0 Å². The molecular weight excluding hydrogens is 449 g/mol. The third kappa shape index (κ3) is 5.28. The van der Waals surface area contributed by atoms with Gasteiger partial charge in [-0.05, 0) is 60.2 Å². The van der Waals surface area contributed by atoms with Gasteiger partial charge >= 0.3 is 0 Å². The monoisotopic (exact) mass is 473 g/mol. The van der Waals surface area contributed by atoms with E-state index in [4.69, 9.17) is 10.5 Å². The van der Waals surface area contributed by atoms with Crippen LogP contribution >= 0.6 is 0 Å². The first-order valence-electron chi connectivity index (χ1n) is 11.5. The number of amides is 1. The van der Waals surface area contributed by atoms with Crippen molar-refractivity contribution in [1.29, 1.82) is 0 Å². The van der Waals surface area contributed by atoms with Gasteiger partial charge in [0.1, 0.15) is 32.3 Å². The molecule has 1 heterocycles. The third-order valence-electron chi connectivity index (χ3n) is 5.72. The van der Waals surface area contributed by atoms with Crippen LogP contribution in [0, 0.1) is 0 Å². The molecule has 0 radical (unpaired) electrons. The van der Waals surface area contributed by atoms with E-state index in [0.717, 1.165) is 27.6 Å². The lowest BCUT2D eigenvalue weighted by molar-refractivity contribution is 0.102. The summed E-state index contributed by atoms with van der Waals surface area (Å²) in [6, 6.07) is 28.3. The minimum atomic E-state index is -0.219. The molecule has 0 aliphatic heterocycles. The minimum Gasteiger partial charge on any atom is -0.489 e. The number of carbonyl (C=O) groups excluding carboxylic acids is 1. The number of nitrogens with zero attached hydrogens (tertiary/aromatic N) is 2. The van der Waals surface area contributed by atoms with E-state index < -0.39 is 0 Å². The molecule has 4 N–H and O–H groups in total. The van der Waals surface area contributed by atoms with Gasteiger partial charge in [0.2, 0.25) is 0 Å². The van der Waals surface area contributed by atoms with Crippen LogP contribution in [0.3, 0.4) is 0 Å². The second-order valence-corrected chi connectivity index (χ2v) is 8.42. The summed E-state index contributed by atoms with van der Waals surface area (Å²) in [6.45, 7) is 0.355. The molecular formula is C28H24BN5O2. The maximum absolute atomic E-state index is 12.5. The highest BCUT2D eigenvalue weighted by atomic mass is 16.5. The number of hydrogen-bond acceptors (Lipinski definition) is 6. The van der Waals surface area contributed by atoms with Gasteiger partial charge in [0.15, 0.2) is 0 Å². The Bertz CT molecular complexity index is 1540. The highest BCUT2D eigenvalue weighted by molar-refractivity contribution is 6.32. The first-order chi connectivity index (χ1) is 17.5. The summed E-state index contributed by atoms with van der Waals surface area (Å²) in [4.78, 5) is 21.3. The molecule has 0 saturated heterocycles. The zero-order chi connectivity index (χ0) is 24.9. The largest absolute Gasteiger partial charge is 0.489 e. The van der Waals surface area contributed by atoms with Gasteiger partial charge in [0.05, 0.1) is 16.9 Å². The average Bonchev–Trinajstić information content (AvgIpc) is 2.89. The highest BCUT2D eigenvalue weighted by Crippen LogP contribution is 2.27. The van der Waals surface area contributed by atoms with E-state index in [9.17, 15) is 4.79 Å². The fraction of sp³-hybridized carbons (Fsp3) is 0.0357. The molecule has 0 spiro atoms. The van der Waals surface area contributed by atoms with Crippen molar-refractivity contribution >= 4 is 53.0 Å². The van der Waals surface area contributed by atoms with Crippen molar-refractivity contribution in [2.24, 2.45) is 0 Å². The van der Waals surface area contributed by atoms with E-state index in [1.54, 1.807) is 30.6 Å². The topological polar surface area (TPSA) is 102 Å². The molecule has 0 bridgehead atoms. The van der Waals surface area contributed by atoms with Crippen LogP contribution in [0.1, 0.15) is 15.9 Å². The van der Waals surface area contributed by atoms with Crippen LogP contribution in [-0.2, 0) is 6.61 Å².